The lowest BCUT2D eigenvalue weighted by molar-refractivity contribution is 0.123. The number of fused-ring (bicyclic) bond motifs is 10. The minimum atomic E-state index is 0.0243. The molecular formula is C41H35BrN2. The number of hydrogen-bond donors (Lipinski definition) is 0. The number of anilines is 3. The van der Waals surface area contributed by atoms with Crippen molar-refractivity contribution in [1.82, 2.24) is 4.57 Å². The fourth-order valence-electron chi connectivity index (χ4n) is 9.27. The van der Waals surface area contributed by atoms with Crippen LogP contribution in [0.25, 0.3) is 27.5 Å². The minimum absolute atomic E-state index is 0.0243. The van der Waals surface area contributed by atoms with E-state index in [4.69, 9.17) is 0 Å². The molecule has 2 nitrogen and oxygen atoms in total. The number of rotatable bonds is 2. The summed E-state index contributed by atoms with van der Waals surface area (Å²) in [4.78, 5) is 2.54. The number of para-hydroxylation sites is 4. The van der Waals surface area contributed by atoms with Crippen LogP contribution < -0.4 is 4.90 Å². The number of allylic oxidation sites excluding steroid dienone is 2. The quantitative estimate of drug-likeness (QED) is 0.172. The highest BCUT2D eigenvalue weighted by Crippen LogP contribution is 2.63. The van der Waals surface area contributed by atoms with Gasteiger partial charge in [-0.25, -0.2) is 0 Å². The van der Waals surface area contributed by atoms with Crippen LogP contribution in [0.5, 0.6) is 0 Å². The van der Waals surface area contributed by atoms with Crippen LogP contribution in [0.4, 0.5) is 17.1 Å². The summed E-state index contributed by atoms with van der Waals surface area (Å²) in [5, 5.41) is 2.54. The van der Waals surface area contributed by atoms with E-state index in [0.717, 1.165) is 16.6 Å². The van der Waals surface area contributed by atoms with Gasteiger partial charge in [0.05, 0.1) is 28.1 Å². The summed E-state index contributed by atoms with van der Waals surface area (Å²) in [6.45, 7) is 4.86. The van der Waals surface area contributed by atoms with Crippen molar-refractivity contribution in [3.05, 3.63) is 143 Å². The fraction of sp³-hybridized carbons (Fsp3) is 0.220. The summed E-state index contributed by atoms with van der Waals surface area (Å²) in [7, 11) is 0. The minimum Gasteiger partial charge on any atom is -0.310 e. The molecule has 0 amide bonds. The van der Waals surface area contributed by atoms with Crippen molar-refractivity contribution in [2.75, 3.05) is 4.90 Å². The van der Waals surface area contributed by atoms with Gasteiger partial charge in [0, 0.05) is 26.3 Å². The van der Waals surface area contributed by atoms with Crippen molar-refractivity contribution >= 4 is 54.8 Å². The highest BCUT2D eigenvalue weighted by molar-refractivity contribution is 9.10. The molecule has 3 unspecified atom stereocenters. The van der Waals surface area contributed by atoms with Crippen LogP contribution >= 0.6 is 15.9 Å². The maximum absolute atomic E-state index is 3.83. The Balaban J connectivity index is 1.28. The van der Waals surface area contributed by atoms with E-state index >= 15 is 0 Å². The highest BCUT2D eigenvalue weighted by atomic mass is 79.9. The number of halogens is 1. The molecule has 2 bridgehead atoms. The molecule has 44 heavy (non-hydrogen) atoms. The van der Waals surface area contributed by atoms with E-state index in [9.17, 15) is 0 Å². The first kappa shape index (κ1) is 26.3. The summed E-state index contributed by atoms with van der Waals surface area (Å²) < 4.78 is 3.48. The lowest BCUT2D eigenvalue weighted by atomic mass is 9.50. The molecule has 0 N–H and O–H groups in total. The predicted octanol–water partition coefficient (Wildman–Crippen LogP) is 11.6. The fourth-order valence-corrected chi connectivity index (χ4v) is 9.73. The van der Waals surface area contributed by atoms with Crippen LogP contribution in [-0.2, 0) is 5.41 Å². The van der Waals surface area contributed by atoms with Gasteiger partial charge in [0.15, 0.2) is 0 Å². The smallest absolute Gasteiger partial charge is 0.0604 e. The van der Waals surface area contributed by atoms with Crippen molar-refractivity contribution in [3.63, 3.8) is 0 Å². The van der Waals surface area contributed by atoms with E-state index in [-0.39, 0.29) is 5.41 Å². The second-order valence-corrected chi connectivity index (χ2v) is 14.1. The molecule has 6 aromatic rings. The maximum atomic E-state index is 3.83. The molecule has 2 heterocycles. The standard InChI is InChI=1S/C41H35BrN2/c1-26-19-20-28-23-31(26)27(2)25-41(28)33-12-4-8-16-38(33)43(39-17-9-5-13-34(39)41)29-21-22-37-32(24-29)30-11-3-7-15-36(30)44(37)40-18-10-6-14-35(40)42/h3-19,21-22,24,27-28,31H,20,23,25H2,1-2H3. The van der Waals surface area contributed by atoms with Crippen molar-refractivity contribution in [2.24, 2.45) is 17.8 Å². The number of hydrogen-bond acceptors (Lipinski definition) is 1. The Morgan fingerprint density at radius 3 is 2.09 bits per heavy atom. The summed E-state index contributed by atoms with van der Waals surface area (Å²) in [5.74, 6) is 1.97. The van der Waals surface area contributed by atoms with Crippen LogP contribution in [0.2, 0.25) is 0 Å². The zero-order valence-corrected chi connectivity index (χ0v) is 26.8. The number of nitrogens with zero attached hydrogens (tertiary/aromatic N) is 2. The van der Waals surface area contributed by atoms with Crippen molar-refractivity contribution < 1.29 is 0 Å². The Morgan fingerprint density at radius 2 is 1.34 bits per heavy atom. The van der Waals surface area contributed by atoms with E-state index in [0.29, 0.717) is 17.8 Å². The van der Waals surface area contributed by atoms with Gasteiger partial charge in [-0.2, -0.15) is 0 Å². The lowest BCUT2D eigenvalue weighted by Gasteiger charge is -2.56. The Bertz CT molecular complexity index is 2090. The largest absolute Gasteiger partial charge is 0.310 e. The van der Waals surface area contributed by atoms with Crippen LogP contribution in [0.3, 0.4) is 0 Å². The van der Waals surface area contributed by atoms with Gasteiger partial charge in [-0.3, -0.25) is 0 Å². The van der Waals surface area contributed by atoms with Gasteiger partial charge in [-0.15, -0.1) is 0 Å². The van der Waals surface area contributed by atoms with Crippen LogP contribution in [0.1, 0.15) is 44.2 Å². The molecule has 3 atom stereocenters. The molecule has 0 saturated heterocycles. The second kappa shape index (κ2) is 9.71. The first-order chi connectivity index (χ1) is 21.6. The molecular weight excluding hydrogens is 600 g/mol. The van der Waals surface area contributed by atoms with Crippen LogP contribution in [-0.4, -0.2) is 4.57 Å². The molecule has 3 aliphatic rings. The van der Waals surface area contributed by atoms with E-state index in [1.54, 1.807) is 5.57 Å². The van der Waals surface area contributed by atoms with E-state index < -0.39 is 0 Å². The van der Waals surface area contributed by atoms with Gasteiger partial charge in [-0.1, -0.05) is 85.3 Å². The van der Waals surface area contributed by atoms with Crippen molar-refractivity contribution in [1.29, 1.82) is 0 Å². The highest BCUT2D eigenvalue weighted by Gasteiger charge is 2.53. The summed E-state index contributed by atoms with van der Waals surface area (Å²) in [6, 6.07) is 43.0. The monoisotopic (exact) mass is 634 g/mol. The van der Waals surface area contributed by atoms with Gasteiger partial charge < -0.3 is 9.47 Å². The third-order valence-electron chi connectivity index (χ3n) is 11.1. The Hall–Kier alpha value is -4.08. The van der Waals surface area contributed by atoms with Crippen molar-refractivity contribution in [3.8, 4) is 5.69 Å². The molecule has 1 spiro atoms. The molecule has 1 fully saturated rings. The Kier molecular flexibility index (Phi) is 5.81. The average Bonchev–Trinajstić information content (AvgIpc) is 3.38. The summed E-state index contributed by atoms with van der Waals surface area (Å²) in [6.07, 6.45) is 6.21. The Morgan fingerprint density at radius 1 is 0.705 bits per heavy atom. The second-order valence-electron chi connectivity index (χ2n) is 13.3. The van der Waals surface area contributed by atoms with Gasteiger partial charge >= 0.3 is 0 Å². The van der Waals surface area contributed by atoms with Gasteiger partial charge in [-0.05, 0) is 120 Å². The third kappa shape index (κ3) is 3.54. The van der Waals surface area contributed by atoms with Crippen molar-refractivity contribution in [2.45, 2.75) is 38.5 Å². The molecule has 1 aromatic heterocycles. The van der Waals surface area contributed by atoms with Gasteiger partial charge in [0.2, 0.25) is 0 Å². The topological polar surface area (TPSA) is 8.17 Å². The predicted molar refractivity (Wildman–Crippen MR) is 188 cm³/mol. The van der Waals surface area contributed by atoms with Crippen LogP contribution in [0.15, 0.2) is 131 Å². The van der Waals surface area contributed by atoms with Gasteiger partial charge in [0.1, 0.15) is 0 Å². The molecule has 1 saturated carbocycles. The molecule has 3 heteroatoms. The van der Waals surface area contributed by atoms with E-state index in [2.05, 4.69) is 161 Å². The lowest BCUT2D eigenvalue weighted by Crippen LogP contribution is -2.49. The zero-order valence-electron chi connectivity index (χ0n) is 25.2. The Labute approximate surface area is 267 Å². The molecule has 2 aliphatic carbocycles. The number of benzene rings is 5. The summed E-state index contributed by atoms with van der Waals surface area (Å²) in [5.41, 5.74) is 12.1. The average molecular weight is 636 g/mol. The molecule has 9 rings (SSSR count). The first-order valence-corrected chi connectivity index (χ1v) is 16.8. The number of aromatic nitrogens is 1. The first-order valence-electron chi connectivity index (χ1n) is 16.0. The SMILES string of the molecule is CC1=CCC2CC1C(C)CC21c2ccccc2N(c2ccc3c(c2)c2ccccc2n3-c2ccccc2Br)c2ccccc21. The third-order valence-corrected chi connectivity index (χ3v) is 11.8. The van der Waals surface area contributed by atoms with Crippen LogP contribution in [0, 0.1) is 17.8 Å². The molecule has 5 aromatic carbocycles. The maximum Gasteiger partial charge on any atom is 0.0604 e. The molecule has 1 aliphatic heterocycles. The molecule has 216 valence electrons. The zero-order chi connectivity index (χ0) is 29.6. The van der Waals surface area contributed by atoms with Gasteiger partial charge in [0.25, 0.3) is 0 Å². The molecule has 0 radical (unpaired) electrons. The van der Waals surface area contributed by atoms with E-state index in [1.807, 2.05) is 0 Å². The summed E-state index contributed by atoms with van der Waals surface area (Å²) >= 11 is 3.83. The normalized spacial score (nSPS) is 21.8. The van der Waals surface area contributed by atoms with E-state index in [1.165, 1.54) is 62.8 Å².